The molecule has 0 aliphatic heterocycles. The van der Waals surface area contributed by atoms with E-state index in [-0.39, 0.29) is 17.0 Å². The lowest BCUT2D eigenvalue weighted by atomic mass is 10.2. The van der Waals surface area contributed by atoms with E-state index >= 15 is 0 Å². The number of rotatable bonds is 8. The van der Waals surface area contributed by atoms with Gasteiger partial charge in [0.2, 0.25) is 10.0 Å². The molecule has 0 spiro atoms. The summed E-state index contributed by atoms with van der Waals surface area (Å²) in [6.45, 7) is 3.20. The standard InChI is InChI=1S/C13H19NO5S/c1-3-19-10-6-9-14-20(16,17)12-8-5-4-7-11(12)13(15)18-2/h4-5,7-8,14H,3,6,9-10H2,1-2H3. The summed E-state index contributed by atoms with van der Waals surface area (Å²) in [5.41, 5.74) is 0.0207. The normalized spacial score (nSPS) is 11.3. The Hall–Kier alpha value is -1.44. The average molecular weight is 301 g/mol. The average Bonchev–Trinajstić information content (AvgIpc) is 2.46. The van der Waals surface area contributed by atoms with E-state index in [4.69, 9.17) is 4.74 Å². The molecule has 6 nitrogen and oxygen atoms in total. The number of sulfonamides is 1. The van der Waals surface area contributed by atoms with Gasteiger partial charge in [-0.05, 0) is 25.5 Å². The fourth-order valence-corrected chi connectivity index (χ4v) is 2.85. The number of hydrogen-bond donors (Lipinski definition) is 1. The van der Waals surface area contributed by atoms with Crippen LogP contribution in [0.2, 0.25) is 0 Å². The number of esters is 1. The number of methoxy groups -OCH3 is 1. The van der Waals surface area contributed by atoms with Crippen LogP contribution in [-0.4, -0.2) is 41.3 Å². The Bertz CT molecular complexity index is 541. The van der Waals surface area contributed by atoms with Crippen molar-refractivity contribution in [2.75, 3.05) is 26.9 Å². The lowest BCUT2D eigenvalue weighted by molar-refractivity contribution is 0.0596. The molecule has 20 heavy (non-hydrogen) atoms. The molecule has 0 saturated heterocycles. The highest BCUT2D eigenvalue weighted by Gasteiger charge is 2.21. The van der Waals surface area contributed by atoms with Crippen LogP contribution in [0.25, 0.3) is 0 Å². The molecule has 0 fully saturated rings. The van der Waals surface area contributed by atoms with Crippen LogP contribution in [0.1, 0.15) is 23.7 Å². The summed E-state index contributed by atoms with van der Waals surface area (Å²) in [6, 6.07) is 5.93. The van der Waals surface area contributed by atoms with Gasteiger partial charge in [0.15, 0.2) is 0 Å². The number of hydrogen-bond acceptors (Lipinski definition) is 5. The second-order valence-corrected chi connectivity index (χ2v) is 5.67. The minimum Gasteiger partial charge on any atom is -0.465 e. The molecule has 1 aromatic rings. The lowest BCUT2D eigenvalue weighted by Gasteiger charge is -2.10. The quantitative estimate of drug-likeness (QED) is 0.576. The van der Waals surface area contributed by atoms with Crippen LogP contribution in [0.4, 0.5) is 0 Å². The third-order valence-corrected chi connectivity index (χ3v) is 4.06. The first-order valence-electron chi connectivity index (χ1n) is 6.27. The Balaban J connectivity index is 2.80. The molecule has 112 valence electrons. The predicted octanol–water partition coefficient (Wildman–Crippen LogP) is 1.18. The fourth-order valence-electron chi connectivity index (χ4n) is 1.58. The van der Waals surface area contributed by atoms with Crippen LogP contribution in [0.5, 0.6) is 0 Å². The Morgan fingerprint density at radius 1 is 1.30 bits per heavy atom. The van der Waals surface area contributed by atoms with Crippen molar-refractivity contribution >= 4 is 16.0 Å². The van der Waals surface area contributed by atoms with Crippen molar-refractivity contribution in [1.29, 1.82) is 0 Å². The van der Waals surface area contributed by atoms with E-state index in [0.717, 1.165) is 0 Å². The number of ether oxygens (including phenoxy) is 2. The molecule has 0 heterocycles. The van der Waals surface area contributed by atoms with E-state index in [0.29, 0.717) is 19.6 Å². The van der Waals surface area contributed by atoms with Crippen molar-refractivity contribution in [3.05, 3.63) is 29.8 Å². The van der Waals surface area contributed by atoms with E-state index in [1.807, 2.05) is 6.92 Å². The van der Waals surface area contributed by atoms with Gasteiger partial charge in [0.25, 0.3) is 0 Å². The monoisotopic (exact) mass is 301 g/mol. The zero-order valence-corrected chi connectivity index (χ0v) is 12.4. The summed E-state index contributed by atoms with van der Waals surface area (Å²) < 4.78 is 36.4. The van der Waals surface area contributed by atoms with Crippen LogP contribution in [-0.2, 0) is 19.5 Å². The van der Waals surface area contributed by atoms with E-state index in [1.54, 1.807) is 12.1 Å². The Labute approximate surface area is 119 Å². The van der Waals surface area contributed by atoms with Gasteiger partial charge in [-0.1, -0.05) is 12.1 Å². The zero-order valence-electron chi connectivity index (χ0n) is 11.6. The molecule has 1 rings (SSSR count). The van der Waals surface area contributed by atoms with Crippen molar-refractivity contribution in [2.45, 2.75) is 18.2 Å². The van der Waals surface area contributed by atoms with Crippen molar-refractivity contribution < 1.29 is 22.7 Å². The third kappa shape index (κ3) is 4.59. The molecule has 0 aliphatic rings. The van der Waals surface area contributed by atoms with Gasteiger partial charge in [0, 0.05) is 19.8 Å². The topological polar surface area (TPSA) is 81.7 Å². The second-order valence-electron chi connectivity index (χ2n) is 3.94. The molecule has 1 N–H and O–H groups in total. The lowest BCUT2D eigenvalue weighted by Crippen LogP contribution is -2.27. The SMILES string of the molecule is CCOCCCNS(=O)(=O)c1ccccc1C(=O)OC. The Kier molecular flexibility index (Phi) is 6.63. The summed E-state index contributed by atoms with van der Waals surface area (Å²) in [4.78, 5) is 11.5. The van der Waals surface area contributed by atoms with Crippen molar-refractivity contribution in [2.24, 2.45) is 0 Å². The van der Waals surface area contributed by atoms with Gasteiger partial charge >= 0.3 is 5.97 Å². The summed E-state index contributed by atoms with van der Waals surface area (Å²) in [5.74, 6) is -0.680. The smallest absolute Gasteiger partial charge is 0.339 e. The molecular weight excluding hydrogens is 282 g/mol. The molecule has 0 amide bonds. The van der Waals surface area contributed by atoms with E-state index in [2.05, 4.69) is 9.46 Å². The number of nitrogens with one attached hydrogen (secondary N) is 1. The van der Waals surface area contributed by atoms with Crippen molar-refractivity contribution in [3.63, 3.8) is 0 Å². The maximum atomic E-state index is 12.1. The molecule has 0 bridgehead atoms. The molecule has 0 aliphatic carbocycles. The van der Waals surface area contributed by atoms with Crippen LogP contribution < -0.4 is 4.72 Å². The minimum absolute atomic E-state index is 0.0207. The third-order valence-electron chi connectivity index (χ3n) is 2.54. The van der Waals surface area contributed by atoms with Crippen LogP contribution in [0.15, 0.2) is 29.2 Å². The van der Waals surface area contributed by atoms with Gasteiger partial charge in [0.05, 0.1) is 17.6 Å². The molecule has 0 unspecified atom stereocenters. The first-order chi connectivity index (χ1) is 9.53. The van der Waals surface area contributed by atoms with E-state index in [1.165, 1.54) is 19.2 Å². The minimum atomic E-state index is -3.74. The highest BCUT2D eigenvalue weighted by Crippen LogP contribution is 2.16. The fraction of sp³-hybridized carbons (Fsp3) is 0.462. The van der Waals surface area contributed by atoms with Crippen LogP contribution in [0.3, 0.4) is 0 Å². The molecule has 7 heteroatoms. The van der Waals surface area contributed by atoms with Crippen LogP contribution in [0, 0.1) is 0 Å². The van der Waals surface area contributed by atoms with Gasteiger partial charge in [-0.15, -0.1) is 0 Å². The largest absolute Gasteiger partial charge is 0.465 e. The Morgan fingerprint density at radius 2 is 2.00 bits per heavy atom. The van der Waals surface area contributed by atoms with Gasteiger partial charge in [-0.2, -0.15) is 0 Å². The number of carbonyl (C=O) groups is 1. The van der Waals surface area contributed by atoms with Crippen molar-refractivity contribution in [1.82, 2.24) is 4.72 Å². The van der Waals surface area contributed by atoms with Gasteiger partial charge in [0.1, 0.15) is 0 Å². The molecular formula is C13H19NO5S. The van der Waals surface area contributed by atoms with E-state index < -0.39 is 16.0 Å². The highest BCUT2D eigenvalue weighted by atomic mass is 32.2. The second kappa shape index (κ2) is 7.98. The number of carbonyl (C=O) groups excluding carboxylic acids is 1. The maximum absolute atomic E-state index is 12.1. The molecule has 0 radical (unpaired) electrons. The molecule has 1 aromatic carbocycles. The summed E-state index contributed by atoms with van der Waals surface area (Å²) >= 11 is 0. The van der Waals surface area contributed by atoms with Crippen molar-refractivity contribution in [3.8, 4) is 0 Å². The Morgan fingerprint density at radius 3 is 2.65 bits per heavy atom. The summed E-state index contributed by atoms with van der Waals surface area (Å²) in [6.07, 6.45) is 0.563. The first-order valence-corrected chi connectivity index (χ1v) is 7.76. The van der Waals surface area contributed by atoms with E-state index in [9.17, 15) is 13.2 Å². The van der Waals surface area contributed by atoms with Crippen LogP contribution >= 0.6 is 0 Å². The zero-order chi connectivity index (χ0) is 15.0. The highest BCUT2D eigenvalue weighted by molar-refractivity contribution is 7.89. The van der Waals surface area contributed by atoms with Gasteiger partial charge < -0.3 is 9.47 Å². The molecule has 0 aromatic heterocycles. The van der Waals surface area contributed by atoms with Gasteiger partial charge in [-0.3, -0.25) is 0 Å². The maximum Gasteiger partial charge on any atom is 0.339 e. The predicted molar refractivity (Wildman–Crippen MR) is 74.1 cm³/mol. The summed E-state index contributed by atoms with van der Waals surface area (Å²) in [5, 5.41) is 0. The first kappa shape index (κ1) is 16.6. The number of benzene rings is 1. The molecule has 0 atom stereocenters. The van der Waals surface area contributed by atoms with Gasteiger partial charge in [-0.25, -0.2) is 17.9 Å². The molecule has 0 saturated carbocycles. The summed E-state index contributed by atoms with van der Waals surface area (Å²) in [7, 11) is -2.53.